The molecular formula is C35H48F4N2O2. The maximum atomic E-state index is 16.0. The van der Waals surface area contributed by atoms with Crippen LogP contribution in [0.4, 0.5) is 17.6 Å². The van der Waals surface area contributed by atoms with Crippen molar-refractivity contribution >= 4 is 5.91 Å². The van der Waals surface area contributed by atoms with Gasteiger partial charge in [-0.05, 0) is 93.7 Å². The molecule has 3 fully saturated rings. The Morgan fingerprint density at radius 2 is 1.49 bits per heavy atom. The quantitative estimate of drug-likeness (QED) is 0.328. The molecule has 238 valence electrons. The van der Waals surface area contributed by atoms with Gasteiger partial charge in [-0.1, -0.05) is 50.5 Å². The summed E-state index contributed by atoms with van der Waals surface area (Å²) in [6, 6.07) is 13.9. The van der Waals surface area contributed by atoms with Crippen LogP contribution in [0.25, 0.3) is 0 Å². The van der Waals surface area contributed by atoms with Crippen LogP contribution < -0.4 is 4.74 Å². The molecule has 5 rings (SSSR count). The maximum Gasteiger partial charge on any atom is 0.416 e. The number of ether oxygens (including phenoxy) is 1. The number of piperidine rings is 1. The minimum absolute atomic E-state index is 0.0981. The second kappa shape index (κ2) is 13.6. The molecule has 0 N–H and O–H groups in total. The zero-order valence-corrected chi connectivity index (χ0v) is 26.4. The number of amides is 1. The highest BCUT2D eigenvalue weighted by molar-refractivity contribution is 5.86. The molecule has 8 heteroatoms. The van der Waals surface area contributed by atoms with Crippen molar-refractivity contribution in [1.82, 2.24) is 9.80 Å². The molecule has 3 aliphatic rings. The molecule has 2 heterocycles. The molecule has 0 radical (unpaired) electrons. The third kappa shape index (κ3) is 7.92. The van der Waals surface area contributed by atoms with Crippen molar-refractivity contribution in [2.75, 3.05) is 33.3 Å². The number of halogens is 4. The van der Waals surface area contributed by atoms with Crippen molar-refractivity contribution in [2.45, 2.75) is 102 Å². The summed E-state index contributed by atoms with van der Waals surface area (Å²) in [5, 5.41) is 0. The standard InChI is InChI=1S/C28H40F4N2O.C7H8O/c1-19-17-34(26(2,3)4)18-27(19,29)25(35)33-14-12-21(13-15-33)23-11-10-22(28(30,31)32)16-24(23)20-8-6-5-7-9-20;1-8-7-5-3-2-4-6-7/h10-11,16,19-21H,5-9,12-15,17-18H2,1-4H3;2-6H,1H3/t19-,27+;/m1./s1. The van der Waals surface area contributed by atoms with Gasteiger partial charge in [-0.2, -0.15) is 13.2 Å². The van der Waals surface area contributed by atoms with Crippen LogP contribution in [0, 0.1) is 5.92 Å². The van der Waals surface area contributed by atoms with Crippen molar-refractivity contribution < 1.29 is 27.1 Å². The SMILES string of the molecule is COc1ccccc1.C[C@@H]1CN(C(C)(C)C)C[C@@]1(F)C(=O)N1CCC(c2ccc(C(F)(F)F)cc2C2CCCCC2)CC1. The van der Waals surface area contributed by atoms with Crippen LogP contribution in [0.2, 0.25) is 0 Å². The highest BCUT2D eigenvalue weighted by Crippen LogP contribution is 2.43. The monoisotopic (exact) mass is 604 g/mol. The fraction of sp³-hybridized carbons (Fsp3) is 0.629. The Kier molecular flexibility index (Phi) is 10.5. The van der Waals surface area contributed by atoms with Crippen molar-refractivity contribution in [3.05, 3.63) is 65.2 Å². The summed E-state index contributed by atoms with van der Waals surface area (Å²) >= 11 is 0. The smallest absolute Gasteiger partial charge is 0.416 e. The highest BCUT2D eigenvalue weighted by atomic mass is 19.4. The minimum atomic E-state index is -4.36. The number of benzene rings is 2. The number of carbonyl (C=O) groups excluding carboxylic acids is 1. The maximum absolute atomic E-state index is 16.0. The fourth-order valence-electron chi connectivity index (χ4n) is 6.87. The number of hydrogen-bond donors (Lipinski definition) is 0. The number of hydrogen-bond acceptors (Lipinski definition) is 3. The van der Waals surface area contributed by atoms with Crippen LogP contribution in [-0.2, 0) is 11.0 Å². The van der Waals surface area contributed by atoms with Gasteiger partial charge in [-0.3, -0.25) is 9.69 Å². The van der Waals surface area contributed by atoms with E-state index in [1.165, 1.54) is 12.1 Å². The first-order valence-corrected chi connectivity index (χ1v) is 15.8. The number of carbonyl (C=O) groups is 1. The predicted molar refractivity (Wildman–Crippen MR) is 163 cm³/mol. The number of para-hydroxylation sites is 1. The van der Waals surface area contributed by atoms with E-state index in [2.05, 4.69) is 0 Å². The third-order valence-electron chi connectivity index (χ3n) is 9.66. The van der Waals surface area contributed by atoms with Crippen LogP contribution in [0.1, 0.15) is 101 Å². The molecule has 2 aromatic rings. The average molecular weight is 605 g/mol. The van der Waals surface area contributed by atoms with Crippen molar-refractivity contribution in [2.24, 2.45) is 5.92 Å². The van der Waals surface area contributed by atoms with Crippen molar-refractivity contribution in [3.63, 3.8) is 0 Å². The number of nitrogens with zero attached hydrogens (tertiary/aromatic N) is 2. The fourth-order valence-corrected chi connectivity index (χ4v) is 6.87. The van der Waals surface area contributed by atoms with E-state index in [9.17, 15) is 18.0 Å². The lowest BCUT2D eigenvalue weighted by molar-refractivity contribution is -0.146. The first-order chi connectivity index (χ1) is 20.2. The number of alkyl halides is 4. The van der Waals surface area contributed by atoms with Gasteiger partial charge in [0.1, 0.15) is 5.75 Å². The normalized spacial score (nSPS) is 24.4. The Labute approximate surface area is 254 Å². The third-order valence-corrected chi connectivity index (χ3v) is 9.66. The first kappa shape index (κ1) is 33.3. The average Bonchev–Trinajstić information content (AvgIpc) is 3.32. The molecule has 43 heavy (non-hydrogen) atoms. The van der Waals surface area contributed by atoms with Gasteiger partial charge in [0, 0.05) is 37.6 Å². The van der Waals surface area contributed by atoms with Gasteiger partial charge in [-0.15, -0.1) is 0 Å². The summed E-state index contributed by atoms with van der Waals surface area (Å²) in [5.41, 5.74) is -0.820. The largest absolute Gasteiger partial charge is 0.497 e. The molecule has 2 aromatic carbocycles. The van der Waals surface area contributed by atoms with E-state index in [1.54, 1.807) is 18.1 Å². The molecule has 2 atom stereocenters. The summed E-state index contributed by atoms with van der Waals surface area (Å²) in [7, 11) is 1.66. The zero-order valence-electron chi connectivity index (χ0n) is 26.4. The summed E-state index contributed by atoms with van der Waals surface area (Å²) in [4.78, 5) is 17.0. The van der Waals surface area contributed by atoms with Crippen LogP contribution in [0.3, 0.4) is 0 Å². The van der Waals surface area contributed by atoms with Crippen molar-refractivity contribution in [3.8, 4) is 5.75 Å². The summed E-state index contributed by atoms with van der Waals surface area (Å²) in [6.07, 6.45) is 2.06. The number of likely N-dealkylation sites (tertiary alicyclic amines) is 2. The van der Waals surface area contributed by atoms with E-state index < -0.39 is 23.3 Å². The second-order valence-electron chi connectivity index (χ2n) is 13.6. The predicted octanol–water partition coefficient (Wildman–Crippen LogP) is 8.61. The van der Waals surface area contributed by atoms with Crippen LogP contribution in [-0.4, -0.2) is 60.2 Å². The Morgan fingerprint density at radius 3 is 2.00 bits per heavy atom. The van der Waals surface area contributed by atoms with E-state index >= 15 is 4.39 Å². The topological polar surface area (TPSA) is 32.8 Å². The van der Waals surface area contributed by atoms with Crippen LogP contribution >= 0.6 is 0 Å². The Hall–Kier alpha value is -2.61. The lowest BCUT2D eigenvalue weighted by atomic mass is 9.77. The van der Waals surface area contributed by atoms with E-state index in [0.717, 1.165) is 49.0 Å². The van der Waals surface area contributed by atoms with Gasteiger partial charge >= 0.3 is 6.18 Å². The second-order valence-corrected chi connectivity index (χ2v) is 13.6. The van der Waals surface area contributed by atoms with Gasteiger partial charge in [0.15, 0.2) is 0 Å². The zero-order chi connectivity index (χ0) is 31.4. The molecule has 2 saturated heterocycles. The molecule has 1 aliphatic carbocycles. The molecule has 1 saturated carbocycles. The van der Waals surface area contributed by atoms with Gasteiger partial charge in [0.05, 0.1) is 12.7 Å². The van der Waals surface area contributed by atoms with Gasteiger partial charge in [0.2, 0.25) is 5.67 Å². The van der Waals surface area contributed by atoms with E-state index in [0.29, 0.717) is 32.5 Å². The summed E-state index contributed by atoms with van der Waals surface area (Å²) < 4.78 is 61.4. The van der Waals surface area contributed by atoms with Crippen LogP contribution in [0.5, 0.6) is 5.75 Å². The van der Waals surface area contributed by atoms with Gasteiger partial charge in [0.25, 0.3) is 5.91 Å². The van der Waals surface area contributed by atoms with E-state index in [-0.39, 0.29) is 29.8 Å². The minimum Gasteiger partial charge on any atom is -0.497 e. The molecule has 0 aromatic heterocycles. The molecule has 1 amide bonds. The lowest BCUT2D eigenvalue weighted by Crippen LogP contribution is -2.53. The molecule has 4 nitrogen and oxygen atoms in total. The van der Waals surface area contributed by atoms with Gasteiger partial charge in [-0.25, -0.2) is 4.39 Å². The molecule has 2 aliphatic heterocycles. The molecule has 0 bridgehead atoms. The summed E-state index contributed by atoms with van der Waals surface area (Å²) in [5.74, 6) is 0.376. The molecule has 0 spiro atoms. The van der Waals surface area contributed by atoms with Crippen molar-refractivity contribution in [1.29, 1.82) is 0 Å². The lowest BCUT2D eigenvalue weighted by Gasteiger charge is -2.38. The molecule has 0 unspecified atom stereocenters. The van der Waals surface area contributed by atoms with Gasteiger partial charge < -0.3 is 9.64 Å². The number of rotatable bonds is 4. The first-order valence-electron chi connectivity index (χ1n) is 15.8. The Morgan fingerprint density at radius 1 is 0.884 bits per heavy atom. The van der Waals surface area contributed by atoms with E-state index in [1.807, 2.05) is 62.9 Å². The molecular weight excluding hydrogens is 556 g/mol. The van der Waals surface area contributed by atoms with E-state index in [4.69, 9.17) is 4.74 Å². The Balaban J connectivity index is 0.000000458. The Bertz CT molecular complexity index is 1200. The summed E-state index contributed by atoms with van der Waals surface area (Å²) in [6.45, 7) is 9.49. The number of methoxy groups -OCH3 is 1. The van der Waals surface area contributed by atoms with Crippen LogP contribution in [0.15, 0.2) is 48.5 Å². The highest BCUT2D eigenvalue weighted by Gasteiger charge is 2.54.